The van der Waals surface area contributed by atoms with Crippen LogP contribution in [0.4, 0.5) is 0 Å². The number of carbonyl (C=O) groups excluding carboxylic acids is 1. The molecule has 7 heteroatoms. The van der Waals surface area contributed by atoms with Crippen molar-refractivity contribution in [3.05, 3.63) is 51.2 Å². The predicted octanol–water partition coefficient (Wildman–Crippen LogP) is 4.05. The summed E-state index contributed by atoms with van der Waals surface area (Å²) < 4.78 is 12.3. The summed E-state index contributed by atoms with van der Waals surface area (Å²) in [6, 6.07) is 10.0. The molecule has 0 aliphatic rings. The number of Topliss-reactive ketones (excluding diaryl/α,β-unsaturated/α-hetero) is 1. The topological polar surface area (TPSA) is 78.8 Å². The number of rotatable bonds is 11. The van der Waals surface area contributed by atoms with E-state index in [-0.39, 0.29) is 12.4 Å². The van der Waals surface area contributed by atoms with Gasteiger partial charge in [0.15, 0.2) is 5.78 Å². The van der Waals surface area contributed by atoms with E-state index < -0.39 is 6.10 Å². The van der Waals surface area contributed by atoms with Crippen LogP contribution in [0, 0.1) is 13.8 Å². The Hall–Kier alpha value is -1.44. The molecule has 0 saturated carbocycles. The summed E-state index contributed by atoms with van der Waals surface area (Å²) in [6.45, 7) is 7.61. The van der Waals surface area contributed by atoms with Gasteiger partial charge in [0, 0.05) is 23.4 Å². The number of ether oxygens (including phenoxy) is 1. The SMILES string of the molecule is CCCNCC(O)COc1c(C(=O)CCc2ccccc2)sc(C)c1C.OCl. The minimum absolute atomic E-state index is 0.101. The molecule has 0 aliphatic heterocycles. The molecule has 0 fully saturated rings. The smallest absolute Gasteiger partial charge is 0.176 e. The van der Waals surface area contributed by atoms with Crippen molar-refractivity contribution in [1.82, 2.24) is 5.32 Å². The van der Waals surface area contributed by atoms with E-state index in [4.69, 9.17) is 9.40 Å². The van der Waals surface area contributed by atoms with E-state index in [1.165, 1.54) is 11.3 Å². The Balaban J connectivity index is 0.00000190. The maximum atomic E-state index is 12.7. The highest BCUT2D eigenvalue weighted by Gasteiger charge is 2.21. The van der Waals surface area contributed by atoms with Gasteiger partial charge in [-0.2, -0.15) is 0 Å². The third-order valence-corrected chi connectivity index (χ3v) is 5.52. The number of hydrogen-bond acceptors (Lipinski definition) is 6. The fourth-order valence-corrected chi connectivity index (χ4v) is 3.74. The highest BCUT2D eigenvalue weighted by atomic mass is 35.5. The molecule has 0 bridgehead atoms. The zero-order valence-corrected chi connectivity index (χ0v) is 18.3. The van der Waals surface area contributed by atoms with Crippen LogP contribution in [-0.4, -0.2) is 41.3 Å². The zero-order chi connectivity index (χ0) is 20.9. The van der Waals surface area contributed by atoms with E-state index in [9.17, 15) is 9.90 Å². The minimum Gasteiger partial charge on any atom is -0.489 e. The third kappa shape index (κ3) is 7.89. The Morgan fingerprint density at radius 1 is 1.25 bits per heavy atom. The minimum atomic E-state index is -0.589. The van der Waals surface area contributed by atoms with Crippen molar-refractivity contribution in [2.75, 3.05) is 19.7 Å². The van der Waals surface area contributed by atoms with Crippen LogP contribution in [0.1, 0.15) is 45.4 Å². The molecule has 28 heavy (non-hydrogen) atoms. The summed E-state index contributed by atoms with van der Waals surface area (Å²) in [7, 11) is 0. The average molecular weight is 428 g/mol. The monoisotopic (exact) mass is 427 g/mol. The summed E-state index contributed by atoms with van der Waals surface area (Å²) in [5, 5.41) is 13.2. The Morgan fingerprint density at radius 3 is 2.57 bits per heavy atom. The van der Waals surface area contributed by atoms with Crippen LogP contribution in [0.25, 0.3) is 0 Å². The van der Waals surface area contributed by atoms with E-state index in [2.05, 4.69) is 24.1 Å². The highest BCUT2D eigenvalue weighted by Crippen LogP contribution is 2.35. The van der Waals surface area contributed by atoms with Gasteiger partial charge in [0.1, 0.15) is 23.3 Å². The second-order valence-corrected chi connectivity index (χ2v) is 7.74. The van der Waals surface area contributed by atoms with E-state index in [0.717, 1.165) is 35.4 Å². The average Bonchev–Trinajstić information content (AvgIpc) is 3.01. The lowest BCUT2D eigenvalue weighted by atomic mass is 10.1. The van der Waals surface area contributed by atoms with Crippen molar-refractivity contribution < 1.29 is 19.3 Å². The summed E-state index contributed by atoms with van der Waals surface area (Å²) in [5.41, 5.74) is 2.15. The van der Waals surface area contributed by atoms with Crippen molar-refractivity contribution in [1.29, 1.82) is 0 Å². The molecular formula is C21H30ClNO4S. The molecule has 1 aromatic carbocycles. The molecule has 2 rings (SSSR count). The van der Waals surface area contributed by atoms with Crippen molar-refractivity contribution in [3.63, 3.8) is 0 Å². The van der Waals surface area contributed by atoms with Crippen LogP contribution in [-0.2, 0) is 6.42 Å². The van der Waals surface area contributed by atoms with Crippen LogP contribution in [0.2, 0.25) is 0 Å². The summed E-state index contributed by atoms with van der Waals surface area (Å²) in [5.74, 6) is 0.740. The Kier molecular flexibility index (Phi) is 12.0. The molecule has 1 unspecified atom stereocenters. The summed E-state index contributed by atoms with van der Waals surface area (Å²) in [4.78, 5) is 14.5. The second kappa shape index (κ2) is 13.7. The molecule has 0 amide bonds. The third-order valence-electron chi connectivity index (χ3n) is 4.29. The molecule has 0 radical (unpaired) electrons. The van der Waals surface area contributed by atoms with Gasteiger partial charge in [-0.3, -0.25) is 9.45 Å². The fraction of sp³-hybridized carbons (Fsp3) is 0.476. The molecule has 0 aliphatic carbocycles. The van der Waals surface area contributed by atoms with Gasteiger partial charge in [0.2, 0.25) is 0 Å². The molecule has 2 aromatic rings. The zero-order valence-electron chi connectivity index (χ0n) is 16.7. The van der Waals surface area contributed by atoms with E-state index >= 15 is 0 Å². The van der Waals surface area contributed by atoms with Gasteiger partial charge in [-0.1, -0.05) is 37.3 Å². The normalized spacial score (nSPS) is 11.5. The van der Waals surface area contributed by atoms with Gasteiger partial charge in [0.25, 0.3) is 0 Å². The molecule has 1 aromatic heterocycles. The Morgan fingerprint density at radius 2 is 1.93 bits per heavy atom. The number of hydrogen-bond donors (Lipinski definition) is 3. The molecule has 3 N–H and O–H groups in total. The number of benzene rings is 1. The lowest BCUT2D eigenvalue weighted by molar-refractivity contribution is 0.0955. The van der Waals surface area contributed by atoms with Crippen molar-refractivity contribution in [2.45, 2.75) is 46.1 Å². The number of aryl methyl sites for hydroxylation is 2. The number of aliphatic hydroxyl groups excluding tert-OH is 1. The second-order valence-electron chi connectivity index (χ2n) is 6.52. The first-order chi connectivity index (χ1) is 13.5. The largest absolute Gasteiger partial charge is 0.489 e. The van der Waals surface area contributed by atoms with Crippen LogP contribution >= 0.6 is 23.2 Å². The van der Waals surface area contributed by atoms with Gasteiger partial charge in [0.05, 0.1) is 11.9 Å². The van der Waals surface area contributed by atoms with Crippen molar-refractivity contribution in [3.8, 4) is 5.75 Å². The van der Waals surface area contributed by atoms with Crippen LogP contribution < -0.4 is 10.1 Å². The molecule has 0 saturated heterocycles. The number of aliphatic hydroxyl groups is 1. The summed E-state index contributed by atoms with van der Waals surface area (Å²) >= 11 is 5.12. The Bertz CT molecular complexity index is 706. The van der Waals surface area contributed by atoms with Crippen LogP contribution in [0.3, 0.4) is 0 Å². The molecule has 1 heterocycles. The van der Waals surface area contributed by atoms with Gasteiger partial charge in [-0.15, -0.1) is 11.3 Å². The van der Waals surface area contributed by atoms with Crippen molar-refractivity contribution >= 4 is 29.0 Å². The van der Waals surface area contributed by atoms with E-state index in [0.29, 0.717) is 23.6 Å². The van der Waals surface area contributed by atoms with Gasteiger partial charge < -0.3 is 15.2 Å². The predicted molar refractivity (Wildman–Crippen MR) is 116 cm³/mol. The first-order valence-electron chi connectivity index (χ1n) is 9.38. The van der Waals surface area contributed by atoms with Gasteiger partial charge >= 0.3 is 0 Å². The number of nitrogens with one attached hydrogen (secondary N) is 1. The maximum absolute atomic E-state index is 12.7. The standard InChI is InChI=1S/C21H29NO3S.ClHO/c1-4-12-22-13-18(23)14-25-20-15(2)16(3)26-21(20)19(24)11-10-17-8-6-5-7-9-17;1-2/h5-9,18,22-23H,4,10-14H2,1-3H3;2H. The van der Waals surface area contributed by atoms with Crippen LogP contribution in [0.5, 0.6) is 5.75 Å². The fourth-order valence-electron chi connectivity index (χ4n) is 2.66. The van der Waals surface area contributed by atoms with Gasteiger partial charge in [-0.25, -0.2) is 0 Å². The summed E-state index contributed by atoms with van der Waals surface area (Å²) in [6.07, 6.45) is 1.61. The number of ketones is 1. The molecular weight excluding hydrogens is 398 g/mol. The Labute approximate surface area is 176 Å². The highest BCUT2D eigenvalue weighted by molar-refractivity contribution is 7.14. The number of carbonyl (C=O) groups is 1. The lowest BCUT2D eigenvalue weighted by Crippen LogP contribution is -2.32. The first-order valence-corrected chi connectivity index (χ1v) is 10.5. The maximum Gasteiger partial charge on any atom is 0.176 e. The molecule has 0 spiro atoms. The van der Waals surface area contributed by atoms with E-state index in [1.807, 2.05) is 44.2 Å². The van der Waals surface area contributed by atoms with Crippen molar-refractivity contribution in [2.24, 2.45) is 0 Å². The number of thiophene rings is 1. The number of halogens is 1. The van der Waals surface area contributed by atoms with Gasteiger partial charge in [-0.05, 0) is 38.8 Å². The molecule has 156 valence electrons. The lowest BCUT2D eigenvalue weighted by Gasteiger charge is -2.14. The quantitative estimate of drug-likeness (QED) is 0.372. The molecule has 1 atom stereocenters. The van der Waals surface area contributed by atoms with Crippen LogP contribution in [0.15, 0.2) is 30.3 Å². The first kappa shape index (κ1) is 24.6. The molecule has 5 nitrogen and oxygen atoms in total. The van der Waals surface area contributed by atoms with E-state index in [1.54, 1.807) is 0 Å².